The maximum atomic E-state index is 12.2. The van der Waals surface area contributed by atoms with Crippen LogP contribution in [0.25, 0.3) is 0 Å². The van der Waals surface area contributed by atoms with Crippen LogP contribution in [0.4, 0.5) is 0 Å². The number of nitrogens with zero attached hydrogens (tertiary/aromatic N) is 1. The zero-order valence-corrected chi connectivity index (χ0v) is 16.9. The van der Waals surface area contributed by atoms with Crippen LogP contribution in [0, 0.1) is 0 Å². The average molecular weight is 396 g/mol. The van der Waals surface area contributed by atoms with E-state index in [0.717, 1.165) is 17.9 Å². The highest BCUT2D eigenvalue weighted by Gasteiger charge is 2.12. The van der Waals surface area contributed by atoms with E-state index in [-0.39, 0.29) is 19.0 Å². The predicted molar refractivity (Wildman–Crippen MR) is 106 cm³/mol. The summed E-state index contributed by atoms with van der Waals surface area (Å²) in [5.74, 6) is 1.43. The van der Waals surface area contributed by atoms with Gasteiger partial charge in [0.05, 0.1) is 19.8 Å². The second-order valence-corrected chi connectivity index (χ2v) is 5.94. The normalized spacial score (nSPS) is 10.1. The van der Waals surface area contributed by atoms with Crippen molar-refractivity contribution >= 4 is 18.4 Å². The SMILES string of the molecule is COc1ccc(C(=O)OCc2ccc(OCCN(C)C)cc2)cc1OC.Cl. The predicted octanol–water partition coefficient (Wildman–Crippen LogP) is 3.42. The number of halogens is 1. The van der Waals surface area contributed by atoms with Crippen LogP contribution in [-0.2, 0) is 11.3 Å². The number of carbonyl (C=O) groups is 1. The first-order chi connectivity index (χ1) is 12.5. The third-order valence-corrected chi connectivity index (χ3v) is 3.72. The van der Waals surface area contributed by atoms with Gasteiger partial charge in [-0.3, -0.25) is 0 Å². The Balaban J connectivity index is 0.00000364. The van der Waals surface area contributed by atoms with E-state index in [1.807, 2.05) is 38.4 Å². The van der Waals surface area contributed by atoms with Crippen LogP contribution in [0.15, 0.2) is 42.5 Å². The molecule has 0 atom stereocenters. The molecule has 2 aromatic rings. The second kappa shape index (κ2) is 11.3. The largest absolute Gasteiger partial charge is 0.493 e. The summed E-state index contributed by atoms with van der Waals surface area (Å²) < 4.78 is 21.4. The van der Waals surface area contributed by atoms with E-state index in [2.05, 4.69) is 4.90 Å². The van der Waals surface area contributed by atoms with Crippen LogP contribution in [0.5, 0.6) is 17.2 Å². The number of hydrogen-bond acceptors (Lipinski definition) is 6. The lowest BCUT2D eigenvalue weighted by Gasteiger charge is -2.11. The van der Waals surface area contributed by atoms with E-state index >= 15 is 0 Å². The molecule has 2 rings (SSSR count). The number of likely N-dealkylation sites (N-methyl/N-ethyl adjacent to an activating group) is 1. The Bertz CT molecular complexity index is 719. The molecule has 0 spiro atoms. The molecular weight excluding hydrogens is 370 g/mol. The fraction of sp³-hybridized carbons (Fsp3) is 0.350. The first kappa shape index (κ1) is 22.6. The molecule has 0 unspecified atom stereocenters. The third kappa shape index (κ3) is 7.00. The second-order valence-electron chi connectivity index (χ2n) is 5.94. The van der Waals surface area contributed by atoms with Crippen LogP contribution in [-0.4, -0.2) is 52.3 Å². The van der Waals surface area contributed by atoms with Crippen LogP contribution in [0.1, 0.15) is 15.9 Å². The molecule has 7 heteroatoms. The van der Waals surface area contributed by atoms with Crippen molar-refractivity contribution in [2.45, 2.75) is 6.61 Å². The van der Waals surface area contributed by atoms with Crippen LogP contribution < -0.4 is 14.2 Å². The van der Waals surface area contributed by atoms with Crippen molar-refractivity contribution in [2.75, 3.05) is 41.5 Å². The summed E-state index contributed by atoms with van der Waals surface area (Å²) in [7, 11) is 7.07. The quantitative estimate of drug-likeness (QED) is 0.606. The lowest BCUT2D eigenvalue weighted by Crippen LogP contribution is -2.19. The smallest absolute Gasteiger partial charge is 0.338 e. The molecule has 6 nitrogen and oxygen atoms in total. The number of ether oxygens (including phenoxy) is 4. The monoisotopic (exact) mass is 395 g/mol. The van der Waals surface area contributed by atoms with Gasteiger partial charge < -0.3 is 23.8 Å². The molecule has 0 bridgehead atoms. The Kier molecular flexibility index (Phi) is 9.47. The van der Waals surface area contributed by atoms with Gasteiger partial charge in [-0.25, -0.2) is 4.79 Å². The van der Waals surface area contributed by atoms with E-state index in [4.69, 9.17) is 18.9 Å². The first-order valence-electron chi connectivity index (χ1n) is 8.29. The number of esters is 1. The van der Waals surface area contributed by atoms with Gasteiger partial charge in [-0.1, -0.05) is 12.1 Å². The standard InChI is InChI=1S/C20H25NO5.ClH/c1-21(2)11-12-25-17-8-5-15(6-9-17)14-26-20(22)16-7-10-18(23-3)19(13-16)24-4;/h5-10,13H,11-12,14H2,1-4H3;1H. The highest BCUT2D eigenvalue weighted by molar-refractivity contribution is 5.90. The Morgan fingerprint density at radius 1 is 0.963 bits per heavy atom. The molecule has 0 aliphatic rings. The van der Waals surface area contributed by atoms with Crippen molar-refractivity contribution in [2.24, 2.45) is 0 Å². The Morgan fingerprint density at radius 2 is 1.63 bits per heavy atom. The molecule has 0 aliphatic carbocycles. The van der Waals surface area contributed by atoms with Gasteiger partial charge in [-0.15, -0.1) is 12.4 Å². The summed E-state index contributed by atoms with van der Waals surface area (Å²) in [6, 6.07) is 12.4. The minimum atomic E-state index is -0.419. The summed E-state index contributed by atoms with van der Waals surface area (Å²) in [6.07, 6.45) is 0. The summed E-state index contributed by atoms with van der Waals surface area (Å²) in [5, 5.41) is 0. The molecule has 0 radical (unpaired) electrons. The van der Waals surface area contributed by atoms with Crippen molar-refractivity contribution in [3.63, 3.8) is 0 Å². The lowest BCUT2D eigenvalue weighted by molar-refractivity contribution is 0.0472. The van der Waals surface area contributed by atoms with Crippen LogP contribution in [0.2, 0.25) is 0 Å². The minimum Gasteiger partial charge on any atom is -0.493 e. The van der Waals surface area contributed by atoms with E-state index < -0.39 is 5.97 Å². The molecule has 0 saturated heterocycles. The van der Waals surface area contributed by atoms with Gasteiger partial charge in [0.25, 0.3) is 0 Å². The Hall–Kier alpha value is -2.44. The number of rotatable bonds is 9. The van der Waals surface area contributed by atoms with Crippen LogP contribution in [0.3, 0.4) is 0 Å². The van der Waals surface area contributed by atoms with Gasteiger partial charge >= 0.3 is 5.97 Å². The number of methoxy groups -OCH3 is 2. The van der Waals surface area contributed by atoms with Crippen LogP contribution >= 0.6 is 12.4 Å². The van der Waals surface area contributed by atoms with E-state index in [1.165, 1.54) is 7.11 Å². The topological polar surface area (TPSA) is 57.2 Å². The molecule has 0 aromatic heterocycles. The zero-order valence-electron chi connectivity index (χ0n) is 16.1. The number of benzene rings is 2. The van der Waals surface area contributed by atoms with Crippen molar-refractivity contribution in [1.82, 2.24) is 4.90 Å². The van der Waals surface area contributed by atoms with Gasteiger partial charge in [0.15, 0.2) is 11.5 Å². The maximum Gasteiger partial charge on any atom is 0.338 e. The van der Waals surface area contributed by atoms with Gasteiger partial charge in [-0.2, -0.15) is 0 Å². The van der Waals surface area contributed by atoms with Crippen molar-refractivity contribution < 1.29 is 23.7 Å². The summed E-state index contributed by atoms with van der Waals surface area (Å²) in [4.78, 5) is 14.3. The van der Waals surface area contributed by atoms with Gasteiger partial charge in [0.1, 0.15) is 19.0 Å². The van der Waals surface area contributed by atoms with E-state index in [9.17, 15) is 4.79 Å². The zero-order chi connectivity index (χ0) is 18.9. The highest BCUT2D eigenvalue weighted by Crippen LogP contribution is 2.27. The van der Waals surface area contributed by atoms with Crippen molar-refractivity contribution in [3.8, 4) is 17.2 Å². The van der Waals surface area contributed by atoms with Gasteiger partial charge in [0.2, 0.25) is 0 Å². The van der Waals surface area contributed by atoms with Crippen molar-refractivity contribution in [3.05, 3.63) is 53.6 Å². The number of hydrogen-bond donors (Lipinski definition) is 0. The molecule has 2 aromatic carbocycles. The molecular formula is C20H26ClNO5. The Labute approximate surface area is 166 Å². The third-order valence-electron chi connectivity index (χ3n) is 3.72. The molecule has 0 aliphatic heterocycles. The Morgan fingerprint density at radius 3 is 2.22 bits per heavy atom. The minimum absolute atomic E-state index is 0. The lowest BCUT2D eigenvalue weighted by atomic mass is 10.2. The molecule has 0 N–H and O–H groups in total. The van der Waals surface area contributed by atoms with Gasteiger partial charge in [-0.05, 0) is 50.0 Å². The molecule has 0 saturated carbocycles. The molecule has 0 amide bonds. The molecule has 27 heavy (non-hydrogen) atoms. The van der Waals surface area contributed by atoms with Gasteiger partial charge in [0, 0.05) is 6.54 Å². The average Bonchev–Trinajstić information content (AvgIpc) is 2.66. The fourth-order valence-corrected chi connectivity index (χ4v) is 2.22. The number of carbonyl (C=O) groups excluding carboxylic acids is 1. The van der Waals surface area contributed by atoms with Crippen molar-refractivity contribution in [1.29, 1.82) is 0 Å². The van der Waals surface area contributed by atoms with E-state index in [1.54, 1.807) is 25.3 Å². The first-order valence-corrected chi connectivity index (χ1v) is 8.29. The summed E-state index contributed by atoms with van der Waals surface area (Å²) >= 11 is 0. The van der Waals surface area contributed by atoms with E-state index in [0.29, 0.717) is 23.7 Å². The summed E-state index contributed by atoms with van der Waals surface area (Å²) in [5.41, 5.74) is 1.30. The molecule has 148 valence electrons. The fourth-order valence-electron chi connectivity index (χ4n) is 2.22. The maximum absolute atomic E-state index is 12.2. The molecule has 0 heterocycles. The summed E-state index contributed by atoms with van der Waals surface area (Å²) in [6.45, 7) is 1.66. The molecule has 0 fully saturated rings. The highest BCUT2D eigenvalue weighted by atomic mass is 35.5.